The van der Waals surface area contributed by atoms with Crippen molar-refractivity contribution in [3.63, 3.8) is 0 Å². The molecule has 0 aromatic carbocycles. The summed E-state index contributed by atoms with van der Waals surface area (Å²) in [4.78, 5) is 36.7. The number of carbonyl (C=O) groups is 3. The summed E-state index contributed by atoms with van der Waals surface area (Å²) in [6.45, 7) is 3.47. The van der Waals surface area contributed by atoms with Crippen molar-refractivity contribution in [1.29, 1.82) is 0 Å². The van der Waals surface area contributed by atoms with E-state index in [2.05, 4.69) is 0 Å². The molecule has 2 fully saturated rings. The van der Waals surface area contributed by atoms with E-state index in [1.54, 1.807) is 13.8 Å². The van der Waals surface area contributed by atoms with Gasteiger partial charge in [-0.1, -0.05) is 0 Å². The summed E-state index contributed by atoms with van der Waals surface area (Å²) in [7, 11) is 2.77. The summed E-state index contributed by atoms with van der Waals surface area (Å²) in [5, 5.41) is 0. The van der Waals surface area contributed by atoms with Crippen LogP contribution in [0.5, 0.6) is 0 Å². The van der Waals surface area contributed by atoms with Gasteiger partial charge < -0.3 is 23.7 Å². The molecule has 0 radical (unpaired) electrons. The van der Waals surface area contributed by atoms with Crippen molar-refractivity contribution < 1.29 is 38.1 Å². The minimum Gasteiger partial charge on any atom is -0.465 e. The summed E-state index contributed by atoms with van der Waals surface area (Å²) in [6.07, 6.45) is -1.35. The number of hydrogen-bond acceptors (Lipinski definition) is 8. The largest absolute Gasteiger partial charge is 0.465 e. The number of epoxide rings is 1. The Morgan fingerprint density at radius 1 is 1.17 bits per heavy atom. The molecular formula is C15H22O8. The second kappa shape index (κ2) is 6.94. The fraction of sp³-hybridized carbons (Fsp3) is 0.800. The number of fused-ring (bicyclic) bond motifs is 1. The van der Waals surface area contributed by atoms with E-state index in [4.69, 9.17) is 23.7 Å². The van der Waals surface area contributed by atoms with Crippen LogP contribution in [-0.2, 0) is 38.1 Å². The van der Waals surface area contributed by atoms with Crippen molar-refractivity contribution >= 4 is 17.7 Å². The maximum Gasteiger partial charge on any atom is 0.320 e. The number of Topliss-reactive ketones (excluding diaryl/α,β-unsaturated/α-hetero) is 1. The smallest absolute Gasteiger partial charge is 0.320 e. The normalized spacial score (nSPS) is 28.2. The van der Waals surface area contributed by atoms with Gasteiger partial charge in [0.05, 0.1) is 13.2 Å². The van der Waals surface area contributed by atoms with Gasteiger partial charge in [0.25, 0.3) is 0 Å². The molecule has 1 saturated carbocycles. The molecule has 0 spiro atoms. The summed E-state index contributed by atoms with van der Waals surface area (Å²) >= 11 is 0. The molecule has 0 bridgehead atoms. The lowest BCUT2D eigenvalue weighted by atomic mass is 9.74. The van der Waals surface area contributed by atoms with Crippen molar-refractivity contribution in [2.45, 2.75) is 38.3 Å². The monoisotopic (exact) mass is 330 g/mol. The fourth-order valence-electron chi connectivity index (χ4n) is 3.21. The Kier molecular flexibility index (Phi) is 5.38. The Hall–Kier alpha value is -1.51. The van der Waals surface area contributed by atoms with Crippen LogP contribution in [0, 0.1) is 11.8 Å². The molecule has 1 heterocycles. The fourth-order valence-corrected chi connectivity index (χ4v) is 3.21. The number of carbonyl (C=O) groups excluding carboxylic acids is 3. The molecule has 0 amide bonds. The van der Waals surface area contributed by atoms with Crippen molar-refractivity contribution in [3.05, 3.63) is 0 Å². The Labute approximate surface area is 134 Å². The van der Waals surface area contributed by atoms with Crippen LogP contribution in [-0.4, -0.2) is 63.2 Å². The number of ether oxygens (including phenoxy) is 5. The first-order valence-corrected chi connectivity index (χ1v) is 7.58. The molecule has 0 N–H and O–H groups in total. The molecule has 23 heavy (non-hydrogen) atoms. The van der Waals surface area contributed by atoms with E-state index < -0.39 is 41.8 Å². The lowest BCUT2D eigenvalue weighted by molar-refractivity contribution is -0.264. The molecule has 8 nitrogen and oxygen atoms in total. The van der Waals surface area contributed by atoms with Crippen LogP contribution in [0.25, 0.3) is 0 Å². The van der Waals surface area contributed by atoms with Crippen LogP contribution in [0.4, 0.5) is 0 Å². The van der Waals surface area contributed by atoms with Gasteiger partial charge in [0.2, 0.25) is 5.79 Å². The minimum atomic E-state index is -1.37. The number of hydrogen-bond donors (Lipinski definition) is 0. The standard InChI is InChI=1S/C15H22O8/c1-5-21-13(17)10(14(18)22-6-2)8-7-9(16)11-12(23-11)15(8,19-3)20-4/h8,10-12H,5-7H2,1-4H3. The first-order valence-electron chi connectivity index (χ1n) is 7.58. The van der Waals surface area contributed by atoms with E-state index in [-0.39, 0.29) is 25.4 Å². The lowest BCUT2D eigenvalue weighted by Gasteiger charge is -2.41. The van der Waals surface area contributed by atoms with Gasteiger partial charge in [0.15, 0.2) is 11.7 Å². The van der Waals surface area contributed by atoms with E-state index in [1.807, 2.05) is 0 Å². The highest BCUT2D eigenvalue weighted by Crippen LogP contribution is 2.50. The summed E-state index contributed by atoms with van der Waals surface area (Å²) in [6, 6.07) is 0. The molecule has 1 saturated heterocycles. The average molecular weight is 330 g/mol. The number of rotatable bonds is 7. The van der Waals surface area contributed by atoms with Crippen molar-refractivity contribution in [2.24, 2.45) is 11.8 Å². The molecule has 1 aliphatic heterocycles. The second-order valence-electron chi connectivity index (χ2n) is 5.37. The zero-order valence-corrected chi connectivity index (χ0v) is 13.7. The Morgan fingerprint density at radius 2 is 1.70 bits per heavy atom. The molecule has 2 rings (SSSR count). The third kappa shape index (κ3) is 2.98. The highest BCUT2D eigenvalue weighted by molar-refractivity contribution is 5.97. The Balaban J connectivity index is 2.38. The molecule has 130 valence electrons. The first kappa shape index (κ1) is 17.8. The highest BCUT2D eigenvalue weighted by Gasteiger charge is 2.69. The minimum absolute atomic E-state index is 0.0921. The second-order valence-corrected chi connectivity index (χ2v) is 5.37. The topological polar surface area (TPSA) is 101 Å². The zero-order chi connectivity index (χ0) is 17.2. The van der Waals surface area contributed by atoms with Crippen LogP contribution < -0.4 is 0 Å². The van der Waals surface area contributed by atoms with Gasteiger partial charge in [-0.05, 0) is 13.8 Å². The van der Waals surface area contributed by atoms with Gasteiger partial charge in [0, 0.05) is 26.6 Å². The van der Waals surface area contributed by atoms with Crippen molar-refractivity contribution in [3.8, 4) is 0 Å². The van der Waals surface area contributed by atoms with Gasteiger partial charge in [-0.15, -0.1) is 0 Å². The van der Waals surface area contributed by atoms with Gasteiger partial charge in [-0.3, -0.25) is 14.4 Å². The van der Waals surface area contributed by atoms with E-state index >= 15 is 0 Å². The zero-order valence-electron chi connectivity index (χ0n) is 13.7. The van der Waals surface area contributed by atoms with E-state index in [0.717, 1.165) is 0 Å². The predicted octanol–water partition coefficient (Wildman–Crippen LogP) is 0.0743. The molecular weight excluding hydrogens is 308 g/mol. The van der Waals surface area contributed by atoms with E-state index in [0.29, 0.717) is 0 Å². The molecule has 0 aromatic heterocycles. The first-order chi connectivity index (χ1) is 11.0. The van der Waals surface area contributed by atoms with Crippen LogP contribution in [0.2, 0.25) is 0 Å². The summed E-state index contributed by atoms with van der Waals surface area (Å²) < 4.78 is 26.3. The number of ketones is 1. The van der Waals surface area contributed by atoms with Crippen molar-refractivity contribution in [1.82, 2.24) is 0 Å². The third-order valence-electron chi connectivity index (χ3n) is 4.26. The number of esters is 2. The third-order valence-corrected chi connectivity index (χ3v) is 4.26. The van der Waals surface area contributed by atoms with Gasteiger partial charge >= 0.3 is 11.9 Å². The average Bonchev–Trinajstić information content (AvgIpc) is 3.31. The van der Waals surface area contributed by atoms with Crippen LogP contribution >= 0.6 is 0 Å². The quantitative estimate of drug-likeness (QED) is 0.280. The van der Waals surface area contributed by atoms with E-state index in [9.17, 15) is 14.4 Å². The SMILES string of the molecule is CCOC(=O)C(C(=O)OCC)C1CC(=O)C2OC2C1(OC)OC. The highest BCUT2D eigenvalue weighted by atomic mass is 16.7. The maximum absolute atomic E-state index is 12.3. The van der Waals surface area contributed by atoms with E-state index in [1.165, 1.54) is 14.2 Å². The molecule has 3 unspecified atom stereocenters. The van der Waals surface area contributed by atoms with Crippen LogP contribution in [0.3, 0.4) is 0 Å². The molecule has 8 heteroatoms. The van der Waals surface area contributed by atoms with Crippen LogP contribution in [0.1, 0.15) is 20.3 Å². The Morgan fingerprint density at radius 3 is 2.13 bits per heavy atom. The number of methoxy groups -OCH3 is 2. The molecule has 2 aliphatic rings. The Bertz CT molecular complexity index is 466. The summed E-state index contributed by atoms with van der Waals surface area (Å²) in [5.41, 5.74) is 0. The van der Waals surface area contributed by atoms with Crippen LogP contribution in [0.15, 0.2) is 0 Å². The molecule has 0 aromatic rings. The van der Waals surface area contributed by atoms with Gasteiger partial charge in [-0.25, -0.2) is 0 Å². The van der Waals surface area contributed by atoms with Crippen molar-refractivity contribution in [2.75, 3.05) is 27.4 Å². The predicted molar refractivity (Wildman–Crippen MR) is 75.3 cm³/mol. The maximum atomic E-state index is 12.3. The van der Waals surface area contributed by atoms with Gasteiger partial charge in [-0.2, -0.15) is 0 Å². The molecule has 3 atom stereocenters. The molecule has 1 aliphatic carbocycles. The van der Waals surface area contributed by atoms with Gasteiger partial charge in [0.1, 0.15) is 12.2 Å². The lowest BCUT2D eigenvalue weighted by Crippen LogP contribution is -2.58. The summed E-state index contributed by atoms with van der Waals surface area (Å²) in [5.74, 6) is -5.29.